The Morgan fingerprint density at radius 2 is 1.59 bits per heavy atom. The van der Waals surface area contributed by atoms with Crippen LogP contribution >= 0.6 is 0 Å². The number of rotatable bonds is 10. The summed E-state index contributed by atoms with van der Waals surface area (Å²) in [5.74, 6) is -0.972. The summed E-state index contributed by atoms with van der Waals surface area (Å²) in [6, 6.07) is 6.26. The van der Waals surface area contributed by atoms with Crippen molar-refractivity contribution < 1.29 is 23.8 Å². The van der Waals surface area contributed by atoms with E-state index < -0.39 is 17.9 Å². The number of esters is 2. The Kier molecular flexibility index (Phi) is 9.33. The predicted octanol–water partition coefficient (Wildman–Crippen LogP) is 4.58. The summed E-state index contributed by atoms with van der Waals surface area (Å²) in [7, 11) is 0. The third kappa shape index (κ3) is 7.61. The van der Waals surface area contributed by atoms with Crippen LogP contribution in [0.3, 0.4) is 0 Å². The molecule has 1 aromatic carbocycles. The van der Waals surface area contributed by atoms with Gasteiger partial charge in [-0.3, -0.25) is 9.59 Å². The Bertz CT molecular complexity index is 598. The van der Waals surface area contributed by atoms with E-state index in [9.17, 15) is 9.59 Å². The highest BCUT2D eigenvalue weighted by Crippen LogP contribution is 2.32. The fourth-order valence-corrected chi connectivity index (χ4v) is 2.82. The first-order valence-electron chi connectivity index (χ1n) is 9.77. The van der Waals surface area contributed by atoms with E-state index in [0.717, 1.165) is 17.7 Å². The topological polar surface area (TPSA) is 61.8 Å². The molecule has 0 spiro atoms. The minimum absolute atomic E-state index is 0.00193. The Balaban J connectivity index is 2.59. The molecule has 27 heavy (non-hydrogen) atoms. The van der Waals surface area contributed by atoms with E-state index in [1.165, 1.54) is 5.56 Å². The number of unbranched alkanes of at least 4 members (excludes halogenated alkanes) is 1. The van der Waals surface area contributed by atoms with Crippen LogP contribution < -0.4 is 4.74 Å². The second kappa shape index (κ2) is 11.0. The molecule has 0 radical (unpaired) electrons. The quantitative estimate of drug-likeness (QED) is 0.339. The number of carbonyl (C=O) groups is 2. The summed E-state index contributed by atoms with van der Waals surface area (Å²) in [5, 5.41) is 0. The highest BCUT2D eigenvalue weighted by atomic mass is 16.6. The van der Waals surface area contributed by atoms with Gasteiger partial charge in [-0.05, 0) is 62.6 Å². The van der Waals surface area contributed by atoms with E-state index in [1.54, 1.807) is 13.8 Å². The molecule has 5 heteroatoms. The van der Waals surface area contributed by atoms with E-state index in [0.29, 0.717) is 19.4 Å². The molecule has 1 aromatic rings. The zero-order chi connectivity index (χ0) is 20.4. The highest BCUT2D eigenvalue weighted by Gasteiger charge is 2.28. The monoisotopic (exact) mass is 378 g/mol. The average molecular weight is 379 g/mol. The van der Waals surface area contributed by atoms with Gasteiger partial charge in [0.1, 0.15) is 5.75 Å². The van der Waals surface area contributed by atoms with Crippen LogP contribution in [0.4, 0.5) is 0 Å². The van der Waals surface area contributed by atoms with Gasteiger partial charge < -0.3 is 14.2 Å². The molecule has 0 aliphatic carbocycles. The molecule has 0 unspecified atom stereocenters. The summed E-state index contributed by atoms with van der Waals surface area (Å²) >= 11 is 0. The zero-order valence-electron chi connectivity index (χ0n) is 17.6. The van der Waals surface area contributed by atoms with Crippen LogP contribution in [0, 0.1) is 12.8 Å². The molecule has 0 heterocycles. The molecule has 0 aliphatic heterocycles. The predicted molar refractivity (Wildman–Crippen MR) is 106 cm³/mol. The van der Waals surface area contributed by atoms with Crippen LogP contribution in [-0.4, -0.2) is 31.8 Å². The SMILES string of the molecule is CCOC(=O)C(CCCCOc1cc(C)ccc1C(C)(C)C)C(=O)OCC. The smallest absolute Gasteiger partial charge is 0.320 e. The van der Waals surface area contributed by atoms with Crippen LogP contribution in [0.5, 0.6) is 5.75 Å². The van der Waals surface area contributed by atoms with Gasteiger partial charge in [-0.1, -0.05) is 32.9 Å². The van der Waals surface area contributed by atoms with E-state index in [2.05, 4.69) is 39.0 Å². The zero-order valence-corrected chi connectivity index (χ0v) is 17.6. The maximum Gasteiger partial charge on any atom is 0.320 e. The van der Waals surface area contributed by atoms with E-state index >= 15 is 0 Å². The third-order valence-corrected chi connectivity index (χ3v) is 4.23. The van der Waals surface area contributed by atoms with E-state index in [-0.39, 0.29) is 18.6 Å². The lowest BCUT2D eigenvalue weighted by atomic mass is 9.86. The van der Waals surface area contributed by atoms with Crippen molar-refractivity contribution >= 4 is 11.9 Å². The molecule has 0 N–H and O–H groups in total. The van der Waals surface area contributed by atoms with Crippen molar-refractivity contribution in [3.8, 4) is 5.75 Å². The molecular weight excluding hydrogens is 344 g/mol. The maximum absolute atomic E-state index is 12.0. The molecule has 0 aromatic heterocycles. The summed E-state index contributed by atoms with van der Waals surface area (Å²) in [6.07, 6.45) is 1.83. The minimum atomic E-state index is -0.853. The van der Waals surface area contributed by atoms with Crippen LogP contribution in [-0.2, 0) is 24.5 Å². The van der Waals surface area contributed by atoms with Gasteiger partial charge >= 0.3 is 11.9 Å². The van der Waals surface area contributed by atoms with Gasteiger partial charge in [0.25, 0.3) is 0 Å². The van der Waals surface area contributed by atoms with Gasteiger partial charge in [-0.15, -0.1) is 0 Å². The number of hydrogen-bond donors (Lipinski definition) is 0. The van der Waals surface area contributed by atoms with Crippen molar-refractivity contribution in [2.75, 3.05) is 19.8 Å². The molecular formula is C22H34O5. The first kappa shape index (κ1) is 23.0. The standard InChI is InChI=1S/C22H34O5/c1-7-25-20(23)17(21(24)26-8-2)11-9-10-14-27-19-15-16(3)12-13-18(19)22(4,5)6/h12-13,15,17H,7-11,14H2,1-6H3. The second-order valence-corrected chi connectivity index (χ2v) is 7.65. The number of hydrogen-bond acceptors (Lipinski definition) is 5. The Morgan fingerprint density at radius 3 is 2.11 bits per heavy atom. The fraction of sp³-hybridized carbons (Fsp3) is 0.636. The van der Waals surface area contributed by atoms with Crippen molar-refractivity contribution in [2.45, 2.75) is 66.2 Å². The first-order valence-corrected chi connectivity index (χ1v) is 9.77. The molecule has 1 rings (SSSR count). The van der Waals surface area contributed by atoms with Crippen LogP contribution in [0.25, 0.3) is 0 Å². The second-order valence-electron chi connectivity index (χ2n) is 7.65. The van der Waals surface area contributed by atoms with Crippen molar-refractivity contribution in [3.05, 3.63) is 29.3 Å². The van der Waals surface area contributed by atoms with Crippen LogP contribution in [0.1, 0.15) is 65.0 Å². The summed E-state index contributed by atoms with van der Waals surface area (Å²) in [5.41, 5.74) is 2.33. The van der Waals surface area contributed by atoms with Gasteiger partial charge in [0.05, 0.1) is 19.8 Å². The maximum atomic E-state index is 12.0. The van der Waals surface area contributed by atoms with Crippen molar-refractivity contribution in [1.29, 1.82) is 0 Å². The van der Waals surface area contributed by atoms with Gasteiger partial charge in [-0.25, -0.2) is 0 Å². The highest BCUT2D eigenvalue weighted by molar-refractivity contribution is 5.94. The van der Waals surface area contributed by atoms with Crippen molar-refractivity contribution in [1.82, 2.24) is 0 Å². The fourth-order valence-electron chi connectivity index (χ4n) is 2.82. The molecule has 0 amide bonds. The third-order valence-electron chi connectivity index (χ3n) is 4.23. The average Bonchev–Trinajstić information content (AvgIpc) is 2.57. The summed E-state index contributed by atoms with van der Waals surface area (Å²) in [4.78, 5) is 24.0. The molecule has 0 saturated carbocycles. The largest absolute Gasteiger partial charge is 0.493 e. The Morgan fingerprint density at radius 1 is 1.00 bits per heavy atom. The number of carbonyl (C=O) groups excluding carboxylic acids is 2. The van der Waals surface area contributed by atoms with E-state index in [4.69, 9.17) is 14.2 Å². The van der Waals surface area contributed by atoms with Gasteiger partial charge in [0.15, 0.2) is 5.92 Å². The molecule has 0 atom stereocenters. The van der Waals surface area contributed by atoms with Crippen LogP contribution in [0.15, 0.2) is 18.2 Å². The Labute approximate surface area is 163 Å². The van der Waals surface area contributed by atoms with Crippen molar-refractivity contribution in [3.63, 3.8) is 0 Å². The summed E-state index contributed by atoms with van der Waals surface area (Å²) < 4.78 is 16.0. The first-order chi connectivity index (χ1) is 12.7. The van der Waals surface area contributed by atoms with Crippen molar-refractivity contribution in [2.24, 2.45) is 5.92 Å². The molecule has 0 fully saturated rings. The number of ether oxygens (including phenoxy) is 3. The normalized spacial score (nSPS) is 11.4. The molecule has 0 bridgehead atoms. The lowest BCUT2D eigenvalue weighted by Gasteiger charge is -2.23. The number of aryl methyl sites for hydroxylation is 1. The van der Waals surface area contributed by atoms with Crippen LogP contribution in [0.2, 0.25) is 0 Å². The Hall–Kier alpha value is -2.04. The van der Waals surface area contributed by atoms with E-state index in [1.807, 2.05) is 6.92 Å². The van der Waals surface area contributed by atoms with Gasteiger partial charge in [0, 0.05) is 0 Å². The lowest BCUT2D eigenvalue weighted by molar-refractivity contribution is -0.162. The van der Waals surface area contributed by atoms with Gasteiger partial charge in [-0.2, -0.15) is 0 Å². The molecule has 0 aliphatic rings. The minimum Gasteiger partial charge on any atom is -0.493 e. The molecule has 0 saturated heterocycles. The summed E-state index contributed by atoms with van der Waals surface area (Å²) in [6.45, 7) is 13.0. The van der Waals surface area contributed by atoms with Gasteiger partial charge in [0.2, 0.25) is 0 Å². The lowest BCUT2D eigenvalue weighted by Crippen LogP contribution is -2.28. The molecule has 152 valence electrons. The molecule has 5 nitrogen and oxygen atoms in total. The number of benzene rings is 1.